The number of ether oxygens (including phenoxy) is 1. The fraction of sp³-hybridized carbons (Fsp3) is 0.348. The predicted octanol–water partition coefficient (Wildman–Crippen LogP) is 4.48. The molecule has 4 rings (SSSR count). The lowest BCUT2D eigenvalue weighted by atomic mass is 10.0. The molecule has 1 aliphatic heterocycles. The Labute approximate surface area is 175 Å². The Morgan fingerprint density at radius 1 is 1.13 bits per heavy atom. The van der Waals surface area contributed by atoms with Crippen molar-refractivity contribution in [2.75, 3.05) is 25.5 Å². The normalized spacial score (nSPS) is 16.5. The Morgan fingerprint density at radius 2 is 1.90 bits per heavy atom. The lowest BCUT2D eigenvalue weighted by Crippen LogP contribution is -2.44. The van der Waals surface area contributed by atoms with Crippen LogP contribution < -0.4 is 10.1 Å². The van der Waals surface area contributed by atoms with E-state index in [1.165, 1.54) is 4.90 Å². The second kappa shape index (κ2) is 8.18. The first-order valence-corrected chi connectivity index (χ1v) is 10.1. The third kappa shape index (κ3) is 3.87. The Morgan fingerprint density at radius 3 is 2.67 bits per heavy atom. The van der Waals surface area contributed by atoms with Gasteiger partial charge < -0.3 is 20.1 Å². The Balaban J connectivity index is 1.76. The molecular formula is C23H26N4O3. The molecule has 1 atom stereocenters. The van der Waals surface area contributed by atoms with Crippen LogP contribution in [0.3, 0.4) is 0 Å². The van der Waals surface area contributed by atoms with Gasteiger partial charge in [0.1, 0.15) is 11.4 Å². The number of hydrogen-bond donors (Lipinski definition) is 2. The molecule has 0 bridgehead atoms. The van der Waals surface area contributed by atoms with E-state index in [1.54, 1.807) is 7.11 Å². The maximum atomic E-state index is 11.3. The summed E-state index contributed by atoms with van der Waals surface area (Å²) in [4.78, 5) is 12.8. The van der Waals surface area contributed by atoms with Gasteiger partial charge in [0.05, 0.1) is 7.11 Å². The minimum Gasteiger partial charge on any atom is -0.496 e. The van der Waals surface area contributed by atoms with Crippen molar-refractivity contribution in [3.63, 3.8) is 0 Å². The number of methoxy groups -OCH3 is 1. The molecule has 7 nitrogen and oxygen atoms in total. The van der Waals surface area contributed by atoms with Gasteiger partial charge in [-0.1, -0.05) is 23.8 Å². The highest BCUT2D eigenvalue weighted by Crippen LogP contribution is 2.36. The van der Waals surface area contributed by atoms with Crippen LogP contribution in [0.4, 0.5) is 10.6 Å². The zero-order valence-corrected chi connectivity index (χ0v) is 17.5. The molecule has 2 aromatic carbocycles. The maximum absolute atomic E-state index is 11.3. The van der Waals surface area contributed by atoms with Crippen molar-refractivity contribution in [3.8, 4) is 17.0 Å². The van der Waals surface area contributed by atoms with Crippen LogP contribution in [0.1, 0.15) is 24.0 Å². The minimum absolute atomic E-state index is 0.00779. The zero-order valence-electron chi connectivity index (χ0n) is 17.5. The molecule has 0 aliphatic carbocycles. The molecule has 0 saturated carbocycles. The largest absolute Gasteiger partial charge is 0.496 e. The number of rotatable bonds is 4. The number of nitrogens with zero attached hydrogens (tertiary/aromatic N) is 3. The smallest absolute Gasteiger partial charge is 0.407 e. The number of piperidine rings is 1. The molecular weight excluding hydrogens is 380 g/mol. The van der Waals surface area contributed by atoms with Gasteiger partial charge in [-0.15, -0.1) is 10.2 Å². The van der Waals surface area contributed by atoms with Gasteiger partial charge in [0.2, 0.25) is 0 Å². The standard InChI is InChI=1S/C23H26N4O3/c1-14-6-8-17-19(11-14)21(18-9-7-15(2)12-20(18)30-3)25-26-22(17)24-16-5-4-10-27(13-16)23(28)29/h6-9,11-12,16H,4-5,10,13H2,1-3H3,(H,24,26)(H,28,29)/t16-/m1/s1. The summed E-state index contributed by atoms with van der Waals surface area (Å²) in [5.74, 6) is 1.44. The number of nitrogens with one attached hydrogen (secondary N) is 1. The van der Waals surface area contributed by atoms with Crippen LogP contribution in [-0.2, 0) is 0 Å². The van der Waals surface area contributed by atoms with Crippen molar-refractivity contribution in [1.29, 1.82) is 0 Å². The van der Waals surface area contributed by atoms with Gasteiger partial charge in [-0.2, -0.15) is 0 Å². The highest BCUT2D eigenvalue weighted by molar-refractivity contribution is 6.01. The number of carbonyl (C=O) groups is 1. The molecule has 2 heterocycles. The van der Waals surface area contributed by atoms with Crippen LogP contribution in [-0.4, -0.2) is 52.5 Å². The average molecular weight is 406 g/mol. The SMILES string of the molecule is COc1cc(C)ccc1-c1nnc(N[C@@H]2CCCN(C(=O)O)C2)c2ccc(C)cc12. The lowest BCUT2D eigenvalue weighted by molar-refractivity contribution is 0.133. The molecule has 30 heavy (non-hydrogen) atoms. The van der Waals surface area contributed by atoms with Crippen molar-refractivity contribution in [2.45, 2.75) is 32.7 Å². The molecule has 3 aromatic rings. The van der Waals surface area contributed by atoms with Gasteiger partial charge in [0.15, 0.2) is 5.82 Å². The highest BCUT2D eigenvalue weighted by atomic mass is 16.5. The van der Waals surface area contributed by atoms with Crippen LogP contribution >= 0.6 is 0 Å². The van der Waals surface area contributed by atoms with Gasteiger partial charge in [-0.3, -0.25) is 0 Å². The van der Waals surface area contributed by atoms with E-state index in [2.05, 4.69) is 34.6 Å². The first-order valence-electron chi connectivity index (χ1n) is 10.1. The quantitative estimate of drug-likeness (QED) is 0.664. The molecule has 0 unspecified atom stereocenters. The van der Waals surface area contributed by atoms with Gasteiger partial charge in [-0.25, -0.2) is 4.79 Å². The number of aryl methyl sites for hydroxylation is 2. The van der Waals surface area contributed by atoms with E-state index in [0.717, 1.165) is 51.7 Å². The fourth-order valence-electron chi connectivity index (χ4n) is 4.03. The second-order valence-corrected chi connectivity index (χ2v) is 7.86. The summed E-state index contributed by atoms with van der Waals surface area (Å²) >= 11 is 0. The summed E-state index contributed by atoms with van der Waals surface area (Å²) in [6, 6.07) is 12.3. The molecule has 1 aliphatic rings. The molecule has 0 spiro atoms. The zero-order chi connectivity index (χ0) is 21.3. The van der Waals surface area contributed by atoms with E-state index in [9.17, 15) is 9.90 Å². The fourth-order valence-corrected chi connectivity index (χ4v) is 4.03. The topological polar surface area (TPSA) is 87.6 Å². The molecule has 156 valence electrons. The highest BCUT2D eigenvalue weighted by Gasteiger charge is 2.24. The number of hydrogen-bond acceptors (Lipinski definition) is 5. The monoisotopic (exact) mass is 406 g/mol. The summed E-state index contributed by atoms with van der Waals surface area (Å²) in [5.41, 5.74) is 3.91. The molecule has 1 fully saturated rings. The van der Waals surface area contributed by atoms with Crippen LogP contribution in [0.5, 0.6) is 5.75 Å². The molecule has 1 saturated heterocycles. The summed E-state index contributed by atoms with van der Waals surface area (Å²) in [5, 5.41) is 23.7. The molecule has 2 N–H and O–H groups in total. The summed E-state index contributed by atoms with van der Waals surface area (Å²) in [7, 11) is 1.66. The minimum atomic E-state index is -0.880. The van der Waals surface area contributed by atoms with Crippen LogP contribution in [0.15, 0.2) is 36.4 Å². The first kappa shape index (κ1) is 19.9. The van der Waals surface area contributed by atoms with Gasteiger partial charge >= 0.3 is 6.09 Å². The van der Waals surface area contributed by atoms with Crippen LogP contribution in [0.2, 0.25) is 0 Å². The summed E-state index contributed by atoms with van der Waals surface area (Å²) in [6.07, 6.45) is 0.842. The van der Waals surface area contributed by atoms with Crippen molar-refractivity contribution in [2.24, 2.45) is 0 Å². The van der Waals surface area contributed by atoms with E-state index in [4.69, 9.17) is 4.74 Å². The number of fused-ring (bicyclic) bond motifs is 1. The Bertz CT molecular complexity index is 1100. The molecule has 1 amide bonds. The van der Waals surface area contributed by atoms with Crippen molar-refractivity contribution < 1.29 is 14.6 Å². The van der Waals surface area contributed by atoms with E-state index in [1.807, 2.05) is 31.2 Å². The summed E-state index contributed by atoms with van der Waals surface area (Å²) < 4.78 is 5.60. The number of benzene rings is 2. The van der Waals surface area contributed by atoms with Crippen LogP contribution in [0, 0.1) is 13.8 Å². The number of carboxylic acid groups (broad SMARTS) is 1. The van der Waals surface area contributed by atoms with E-state index < -0.39 is 6.09 Å². The summed E-state index contributed by atoms with van der Waals surface area (Å²) in [6.45, 7) is 5.09. The van der Waals surface area contributed by atoms with E-state index in [0.29, 0.717) is 18.9 Å². The lowest BCUT2D eigenvalue weighted by Gasteiger charge is -2.31. The number of anilines is 1. The average Bonchev–Trinajstić information content (AvgIpc) is 2.74. The molecule has 1 aromatic heterocycles. The van der Waals surface area contributed by atoms with Crippen molar-refractivity contribution in [3.05, 3.63) is 47.5 Å². The first-order chi connectivity index (χ1) is 14.5. The Hall–Kier alpha value is -3.35. The molecule has 0 radical (unpaired) electrons. The van der Waals surface area contributed by atoms with E-state index >= 15 is 0 Å². The van der Waals surface area contributed by atoms with E-state index in [-0.39, 0.29) is 6.04 Å². The number of likely N-dealkylation sites (tertiary alicyclic amines) is 1. The van der Waals surface area contributed by atoms with Gasteiger partial charge in [-0.05, 0) is 50.5 Å². The third-order valence-electron chi connectivity index (χ3n) is 5.58. The van der Waals surface area contributed by atoms with Crippen molar-refractivity contribution in [1.82, 2.24) is 15.1 Å². The number of amides is 1. The number of aromatic nitrogens is 2. The van der Waals surface area contributed by atoms with Crippen molar-refractivity contribution >= 4 is 22.7 Å². The van der Waals surface area contributed by atoms with Gasteiger partial charge in [0.25, 0.3) is 0 Å². The van der Waals surface area contributed by atoms with Gasteiger partial charge in [0, 0.05) is 35.5 Å². The van der Waals surface area contributed by atoms with Crippen LogP contribution in [0.25, 0.3) is 22.0 Å². The predicted molar refractivity (Wildman–Crippen MR) is 117 cm³/mol. The molecule has 7 heteroatoms. The second-order valence-electron chi connectivity index (χ2n) is 7.86. The maximum Gasteiger partial charge on any atom is 0.407 e. The Kier molecular flexibility index (Phi) is 5.44. The third-order valence-corrected chi connectivity index (χ3v) is 5.58.